The fourth-order valence-electron chi connectivity index (χ4n) is 4.42. The van der Waals surface area contributed by atoms with E-state index in [9.17, 15) is 4.39 Å². The number of hydrogen-bond donors (Lipinski definition) is 0. The molecule has 33 heavy (non-hydrogen) atoms. The number of hydrogen-bond acceptors (Lipinski definition) is 1. The van der Waals surface area contributed by atoms with Gasteiger partial charge in [0.15, 0.2) is 0 Å². The Morgan fingerprint density at radius 3 is 2.18 bits per heavy atom. The number of alkyl halides is 1. The number of nitrogens with zero attached hydrogens (tertiary/aromatic N) is 1. The van der Waals surface area contributed by atoms with Crippen LogP contribution in [0.4, 0.5) is 8.78 Å². The first kappa shape index (κ1) is 22.7. The lowest BCUT2D eigenvalue weighted by molar-refractivity contribution is 0.273. The monoisotopic (exact) mass is 439 g/mol. The van der Waals surface area contributed by atoms with Crippen molar-refractivity contribution < 1.29 is 8.78 Å². The van der Waals surface area contributed by atoms with Crippen molar-refractivity contribution in [3.8, 4) is 17.2 Å². The zero-order valence-electron chi connectivity index (χ0n) is 18.8. The number of halogens is 2. The van der Waals surface area contributed by atoms with Crippen molar-refractivity contribution in [2.75, 3.05) is 0 Å². The van der Waals surface area contributed by atoms with E-state index in [1.807, 2.05) is 72.8 Å². The molecule has 0 aliphatic heterocycles. The van der Waals surface area contributed by atoms with Crippen LogP contribution in [0.2, 0.25) is 0 Å². The van der Waals surface area contributed by atoms with Crippen LogP contribution < -0.4 is 0 Å². The van der Waals surface area contributed by atoms with Gasteiger partial charge in [0.25, 0.3) is 0 Å². The lowest BCUT2D eigenvalue weighted by Gasteiger charge is -2.23. The van der Waals surface area contributed by atoms with Gasteiger partial charge < -0.3 is 0 Å². The maximum Gasteiger partial charge on any atom is 0.141 e. The van der Waals surface area contributed by atoms with Gasteiger partial charge in [-0.2, -0.15) is 5.26 Å². The summed E-state index contributed by atoms with van der Waals surface area (Å²) in [5.41, 5.74) is 3.22. The molecule has 0 saturated carbocycles. The van der Waals surface area contributed by atoms with Crippen LogP contribution in [0.5, 0.6) is 0 Å². The predicted octanol–water partition coefficient (Wildman–Crippen LogP) is 8.89. The lowest BCUT2D eigenvalue weighted by atomic mass is 9.85. The molecule has 2 unspecified atom stereocenters. The summed E-state index contributed by atoms with van der Waals surface area (Å²) in [7, 11) is 0. The molecule has 166 valence electrons. The maximum atomic E-state index is 15.9. The van der Waals surface area contributed by atoms with Crippen LogP contribution in [0.15, 0.2) is 84.9 Å². The van der Waals surface area contributed by atoms with Gasteiger partial charge in [-0.1, -0.05) is 92.9 Å². The van der Waals surface area contributed by atoms with Gasteiger partial charge in [-0.25, -0.2) is 8.78 Å². The van der Waals surface area contributed by atoms with E-state index in [0.717, 1.165) is 47.6 Å². The van der Waals surface area contributed by atoms with E-state index in [0.29, 0.717) is 11.1 Å². The highest BCUT2D eigenvalue weighted by atomic mass is 19.1. The molecule has 4 aromatic carbocycles. The molecular formula is C30H27F2N. The number of nitriles is 1. The molecule has 0 bridgehead atoms. The zero-order chi connectivity index (χ0) is 23.2. The molecule has 4 rings (SSSR count). The third-order valence-corrected chi connectivity index (χ3v) is 6.33. The predicted molar refractivity (Wildman–Crippen MR) is 131 cm³/mol. The summed E-state index contributed by atoms with van der Waals surface area (Å²) >= 11 is 0. The van der Waals surface area contributed by atoms with Crippen molar-refractivity contribution in [1.29, 1.82) is 5.26 Å². The van der Waals surface area contributed by atoms with Crippen molar-refractivity contribution in [1.82, 2.24) is 0 Å². The first-order valence-electron chi connectivity index (χ1n) is 11.5. The molecule has 1 nitrogen and oxygen atoms in total. The molecule has 0 N–H and O–H groups in total. The third kappa shape index (κ3) is 5.12. The molecular weight excluding hydrogens is 412 g/mol. The lowest BCUT2D eigenvalue weighted by Crippen LogP contribution is -2.08. The molecule has 0 aliphatic rings. The average molecular weight is 440 g/mol. The highest BCUT2D eigenvalue weighted by Gasteiger charge is 2.24. The molecule has 3 heteroatoms. The number of benzene rings is 4. The molecule has 0 fully saturated rings. The minimum absolute atomic E-state index is 0.0296. The molecule has 0 spiro atoms. The topological polar surface area (TPSA) is 23.8 Å². The molecule has 0 saturated heterocycles. The van der Waals surface area contributed by atoms with Crippen LogP contribution in [0.25, 0.3) is 21.9 Å². The Kier molecular flexibility index (Phi) is 7.15. The van der Waals surface area contributed by atoms with E-state index < -0.39 is 12.0 Å². The van der Waals surface area contributed by atoms with Gasteiger partial charge in [0, 0.05) is 5.92 Å². The Labute approximate surface area is 194 Å². The fraction of sp³-hybridized carbons (Fsp3) is 0.233. The molecule has 0 aliphatic carbocycles. The standard InChI is InChI=1S/C30H27F2N/c1-2-3-4-9-28(30(32)26-16-12-21-7-5-6-8-24(21)18-26)23-13-10-22(11-14-23)25-15-17-27(20-33)29(31)19-25/h5-8,10-19,28,30H,2-4,9H2,1H3. The van der Waals surface area contributed by atoms with Gasteiger partial charge in [-0.3, -0.25) is 0 Å². The summed E-state index contributed by atoms with van der Waals surface area (Å²) in [5, 5.41) is 11.1. The van der Waals surface area contributed by atoms with Crippen molar-refractivity contribution in [3.05, 3.63) is 107 Å². The summed E-state index contributed by atoms with van der Waals surface area (Å²) in [4.78, 5) is 0. The quantitative estimate of drug-likeness (QED) is 0.251. The average Bonchev–Trinajstić information content (AvgIpc) is 2.86. The summed E-state index contributed by atoms with van der Waals surface area (Å²) in [5.74, 6) is -0.777. The van der Waals surface area contributed by atoms with Crippen LogP contribution in [-0.2, 0) is 0 Å². The van der Waals surface area contributed by atoms with Gasteiger partial charge in [-0.15, -0.1) is 0 Å². The van der Waals surface area contributed by atoms with Crippen LogP contribution >= 0.6 is 0 Å². The fourth-order valence-corrected chi connectivity index (χ4v) is 4.42. The van der Waals surface area contributed by atoms with Gasteiger partial charge in [0.1, 0.15) is 18.1 Å². The first-order chi connectivity index (χ1) is 16.1. The Morgan fingerprint density at radius 2 is 1.48 bits per heavy atom. The smallest absolute Gasteiger partial charge is 0.141 e. The molecule has 2 atom stereocenters. The second-order valence-corrected chi connectivity index (χ2v) is 8.54. The van der Waals surface area contributed by atoms with Gasteiger partial charge >= 0.3 is 0 Å². The number of fused-ring (bicyclic) bond motifs is 1. The second-order valence-electron chi connectivity index (χ2n) is 8.54. The maximum absolute atomic E-state index is 15.9. The van der Waals surface area contributed by atoms with Crippen LogP contribution in [-0.4, -0.2) is 0 Å². The van der Waals surface area contributed by atoms with Gasteiger partial charge in [0.2, 0.25) is 0 Å². The number of unbranched alkanes of at least 4 members (excludes halogenated alkanes) is 2. The SMILES string of the molecule is CCCCCC(c1ccc(-c2ccc(C#N)c(F)c2)cc1)C(F)c1ccc2ccccc2c1. The Morgan fingerprint density at radius 1 is 0.788 bits per heavy atom. The molecule has 0 amide bonds. The third-order valence-electron chi connectivity index (χ3n) is 6.33. The van der Waals surface area contributed by atoms with Gasteiger partial charge in [0.05, 0.1) is 5.56 Å². The summed E-state index contributed by atoms with van der Waals surface area (Å²) in [6.45, 7) is 2.15. The summed E-state index contributed by atoms with van der Waals surface area (Å²) in [6, 6.07) is 28.0. The Hall–Kier alpha value is -3.51. The van der Waals surface area contributed by atoms with Crippen molar-refractivity contribution in [3.63, 3.8) is 0 Å². The normalized spacial score (nSPS) is 12.9. The van der Waals surface area contributed by atoms with E-state index in [1.165, 1.54) is 12.1 Å². The highest BCUT2D eigenvalue weighted by molar-refractivity contribution is 5.83. The first-order valence-corrected chi connectivity index (χ1v) is 11.5. The largest absolute Gasteiger partial charge is 0.242 e. The molecule has 0 heterocycles. The molecule has 0 aromatic heterocycles. The van der Waals surface area contributed by atoms with Crippen LogP contribution in [0.3, 0.4) is 0 Å². The second kappa shape index (κ2) is 10.4. The van der Waals surface area contributed by atoms with Crippen LogP contribution in [0, 0.1) is 17.1 Å². The van der Waals surface area contributed by atoms with E-state index in [2.05, 4.69) is 6.92 Å². The van der Waals surface area contributed by atoms with Gasteiger partial charge in [-0.05, 0) is 57.6 Å². The molecule has 0 radical (unpaired) electrons. The Balaban J connectivity index is 1.63. The molecule has 4 aromatic rings. The highest BCUT2D eigenvalue weighted by Crippen LogP contribution is 2.39. The minimum atomic E-state index is -1.11. The van der Waals surface area contributed by atoms with E-state index >= 15 is 4.39 Å². The van der Waals surface area contributed by atoms with Crippen molar-refractivity contribution in [2.24, 2.45) is 0 Å². The van der Waals surface area contributed by atoms with Crippen LogP contribution in [0.1, 0.15) is 61.4 Å². The van der Waals surface area contributed by atoms with E-state index in [4.69, 9.17) is 5.26 Å². The van der Waals surface area contributed by atoms with Crippen molar-refractivity contribution >= 4 is 10.8 Å². The Bertz CT molecular complexity index is 1270. The van der Waals surface area contributed by atoms with E-state index in [-0.39, 0.29) is 11.5 Å². The van der Waals surface area contributed by atoms with Crippen molar-refractivity contribution in [2.45, 2.75) is 44.7 Å². The zero-order valence-corrected chi connectivity index (χ0v) is 18.8. The summed E-state index contributed by atoms with van der Waals surface area (Å²) in [6.07, 6.45) is 2.79. The summed E-state index contributed by atoms with van der Waals surface area (Å²) < 4.78 is 30.0. The van der Waals surface area contributed by atoms with E-state index in [1.54, 1.807) is 6.07 Å². The minimum Gasteiger partial charge on any atom is -0.242 e. The number of rotatable bonds is 8.